The zero-order chi connectivity index (χ0) is 14.9. The van der Waals surface area contributed by atoms with Gasteiger partial charge in [0.2, 0.25) is 0 Å². The summed E-state index contributed by atoms with van der Waals surface area (Å²) >= 11 is 3.11. The van der Waals surface area contributed by atoms with Crippen LogP contribution in [0, 0.1) is 12.7 Å². The smallest absolute Gasteiger partial charge is 0.262 e. The molecular formula is C13H12BrFN2O2S. The summed E-state index contributed by atoms with van der Waals surface area (Å²) in [6, 6.07) is 8.76. The van der Waals surface area contributed by atoms with Crippen molar-refractivity contribution in [3.8, 4) is 0 Å². The van der Waals surface area contributed by atoms with E-state index in [0.29, 0.717) is 15.7 Å². The Morgan fingerprint density at radius 3 is 2.50 bits per heavy atom. The zero-order valence-electron chi connectivity index (χ0n) is 10.5. The van der Waals surface area contributed by atoms with Gasteiger partial charge in [-0.1, -0.05) is 12.1 Å². The van der Waals surface area contributed by atoms with E-state index in [2.05, 4.69) is 20.7 Å². The second-order valence-electron chi connectivity index (χ2n) is 4.17. The molecule has 106 valence electrons. The van der Waals surface area contributed by atoms with Crippen LogP contribution in [0.15, 0.2) is 45.8 Å². The number of benzene rings is 2. The molecule has 2 aromatic rings. The number of hydrogen-bond donors (Lipinski definition) is 2. The van der Waals surface area contributed by atoms with Crippen LogP contribution in [-0.2, 0) is 10.0 Å². The molecule has 0 atom stereocenters. The number of halogens is 2. The van der Waals surface area contributed by atoms with Gasteiger partial charge >= 0.3 is 0 Å². The van der Waals surface area contributed by atoms with Gasteiger partial charge in [0.05, 0.1) is 10.6 Å². The predicted octanol–water partition coefficient (Wildman–Crippen LogP) is 3.28. The Balaban J connectivity index is 2.50. The van der Waals surface area contributed by atoms with Gasteiger partial charge in [-0.3, -0.25) is 4.72 Å². The molecule has 0 saturated heterocycles. The minimum atomic E-state index is -3.91. The van der Waals surface area contributed by atoms with Crippen molar-refractivity contribution in [2.75, 3.05) is 10.5 Å². The topological polar surface area (TPSA) is 72.2 Å². The average molecular weight is 359 g/mol. The minimum Gasteiger partial charge on any atom is -0.398 e. The van der Waals surface area contributed by atoms with E-state index in [1.807, 2.05) is 0 Å². The number of nitrogen functional groups attached to an aromatic ring is 1. The van der Waals surface area contributed by atoms with E-state index in [0.717, 1.165) is 0 Å². The van der Waals surface area contributed by atoms with Crippen LogP contribution >= 0.6 is 15.9 Å². The molecule has 0 aliphatic carbocycles. The van der Waals surface area contributed by atoms with Gasteiger partial charge in [-0.15, -0.1) is 0 Å². The third-order valence-electron chi connectivity index (χ3n) is 2.81. The van der Waals surface area contributed by atoms with Crippen molar-refractivity contribution < 1.29 is 12.8 Å². The largest absolute Gasteiger partial charge is 0.398 e. The Kier molecular flexibility index (Phi) is 4.01. The molecular weight excluding hydrogens is 347 g/mol. The molecule has 3 N–H and O–H groups in total. The van der Waals surface area contributed by atoms with Crippen molar-refractivity contribution in [1.29, 1.82) is 0 Å². The second-order valence-corrected chi connectivity index (χ2v) is 6.68. The Labute approximate surface area is 125 Å². The number of nitrogens with one attached hydrogen (secondary N) is 1. The molecule has 2 aromatic carbocycles. The van der Waals surface area contributed by atoms with E-state index in [1.165, 1.54) is 24.3 Å². The standard InChI is InChI=1S/C13H12BrFN2O2S/c1-8-11(16)6-3-7-12(8)20(18,19)17-13-9(14)4-2-5-10(13)15/h2-7,17H,16H2,1H3. The summed E-state index contributed by atoms with van der Waals surface area (Å²) in [7, 11) is -3.91. The third-order valence-corrected chi connectivity index (χ3v) is 4.97. The molecule has 4 nitrogen and oxygen atoms in total. The summed E-state index contributed by atoms with van der Waals surface area (Å²) in [5, 5.41) is 0. The maximum absolute atomic E-state index is 13.7. The van der Waals surface area contributed by atoms with Crippen molar-refractivity contribution in [2.45, 2.75) is 11.8 Å². The van der Waals surface area contributed by atoms with Gasteiger partial charge in [0.25, 0.3) is 10.0 Å². The maximum Gasteiger partial charge on any atom is 0.262 e. The molecule has 0 aliphatic heterocycles. The highest BCUT2D eigenvalue weighted by Crippen LogP contribution is 2.29. The van der Waals surface area contributed by atoms with E-state index in [-0.39, 0.29) is 10.6 Å². The van der Waals surface area contributed by atoms with Gasteiger partial charge in [-0.2, -0.15) is 0 Å². The molecule has 0 saturated carbocycles. The SMILES string of the molecule is Cc1c(N)cccc1S(=O)(=O)Nc1c(F)cccc1Br. The van der Waals surface area contributed by atoms with Gasteiger partial charge in [-0.25, -0.2) is 12.8 Å². The van der Waals surface area contributed by atoms with Gasteiger partial charge in [0.1, 0.15) is 5.82 Å². The summed E-state index contributed by atoms with van der Waals surface area (Å²) in [5.74, 6) is -0.662. The molecule has 0 amide bonds. The van der Waals surface area contributed by atoms with Crippen LogP contribution in [0.4, 0.5) is 15.8 Å². The summed E-state index contributed by atoms with van der Waals surface area (Å²) in [6.45, 7) is 1.60. The summed E-state index contributed by atoms with van der Waals surface area (Å²) in [5.41, 5.74) is 6.35. The van der Waals surface area contributed by atoms with E-state index >= 15 is 0 Å². The number of rotatable bonds is 3. The number of hydrogen-bond acceptors (Lipinski definition) is 3. The molecule has 0 heterocycles. The molecule has 0 unspecified atom stereocenters. The van der Waals surface area contributed by atoms with Gasteiger partial charge in [0, 0.05) is 10.2 Å². The van der Waals surface area contributed by atoms with Crippen molar-refractivity contribution in [3.05, 3.63) is 52.3 Å². The predicted molar refractivity (Wildman–Crippen MR) is 80.5 cm³/mol. The fourth-order valence-corrected chi connectivity index (χ4v) is 3.64. The molecule has 0 fully saturated rings. The van der Waals surface area contributed by atoms with Crippen LogP contribution in [0.25, 0.3) is 0 Å². The van der Waals surface area contributed by atoms with Crippen LogP contribution in [-0.4, -0.2) is 8.42 Å². The molecule has 0 aromatic heterocycles. The fourth-order valence-electron chi connectivity index (χ4n) is 1.71. The average Bonchev–Trinajstić information content (AvgIpc) is 2.37. The molecule has 20 heavy (non-hydrogen) atoms. The lowest BCUT2D eigenvalue weighted by Crippen LogP contribution is -2.16. The highest BCUT2D eigenvalue weighted by molar-refractivity contribution is 9.10. The quantitative estimate of drug-likeness (QED) is 0.827. The van der Waals surface area contributed by atoms with Gasteiger partial charge in [0.15, 0.2) is 0 Å². The van der Waals surface area contributed by atoms with E-state index < -0.39 is 15.8 Å². The Bertz CT molecular complexity index is 743. The lowest BCUT2D eigenvalue weighted by molar-refractivity contribution is 0.598. The first-order chi connectivity index (χ1) is 9.33. The molecule has 2 rings (SSSR count). The highest BCUT2D eigenvalue weighted by Gasteiger charge is 2.20. The summed E-state index contributed by atoms with van der Waals surface area (Å²) in [6.07, 6.45) is 0. The van der Waals surface area contributed by atoms with E-state index in [1.54, 1.807) is 19.1 Å². The zero-order valence-corrected chi connectivity index (χ0v) is 12.9. The van der Waals surface area contributed by atoms with Crippen molar-refractivity contribution >= 4 is 37.3 Å². The molecule has 0 radical (unpaired) electrons. The van der Waals surface area contributed by atoms with Crippen LogP contribution in [0.2, 0.25) is 0 Å². The molecule has 0 spiro atoms. The molecule has 0 bridgehead atoms. The highest BCUT2D eigenvalue weighted by atomic mass is 79.9. The number of para-hydroxylation sites is 1. The summed E-state index contributed by atoms with van der Waals surface area (Å²) in [4.78, 5) is 0.0210. The lowest BCUT2D eigenvalue weighted by Gasteiger charge is -2.13. The maximum atomic E-state index is 13.7. The van der Waals surface area contributed by atoms with Crippen molar-refractivity contribution in [1.82, 2.24) is 0 Å². The first kappa shape index (κ1) is 14.8. The fraction of sp³-hybridized carbons (Fsp3) is 0.0769. The van der Waals surface area contributed by atoms with Crippen LogP contribution in [0.5, 0.6) is 0 Å². The van der Waals surface area contributed by atoms with Crippen LogP contribution < -0.4 is 10.5 Å². The molecule has 7 heteroatoms. The second kappa shape index (κ2) is 5.41. The van der Waals surface area contributed by atoms with Crippen LogP contribution in [0.1, 0.15) is 5.56 Å². The molecule has 0 aliphatic rings. The summed E-state index contributed by atoms with van der Waals surface area (Å²) < 4.78 is 40.9. The van der Waals surface area contributed by atoms with E-state index in [4.69, 9.17) is 5.73 Å². The van der Waals surface area contributed by atoms with E-state index in [9.17, 15) is 12.8 Å². The minimum absolute atomic E-state index is 0.0210. The first-order valence-corrected chi connectivity index (χ1v) is 7.92. The first-order valence-electron chi connectivity index (χ1n) is 5.65. The Morgan fingerprint density at radius 2 is 1.85 bits per heavy atom. The number of nitrogens with two attached hydrogens (primary N) is 1. The normalized spacial score (nSPS) is 11.3. The van der Waals surface area contributed by atoms with Gasteiger partial charge in [-0.05, 0) is 52.7 Å². The number of anilines is 2. The number of sulfonamides is 1. The van der Waals surface area contributed by atoms with Gasteiger partial charge < -0.3 is 5.73 Å². The monoisotopic (exact) mass is 358 g/mol. The Hall–Kier alpha value is -1.60. The third kappa shape index (κ3) is 2.78. The van der Waals surface area contributed by atoms with Crippen molar-refractivity contribution in [2.24, 2.45) is 0 Å². The Morgan fingerprint density at radius 1 is 1.20 bits per heavy atom. The lowest BCUT2D eigenvalue weighted by atomic mass is 10.2. The van der Waals surface area contributed by atoms with Crippen molar-refractivity contribution in [3.63, 3.8) is 0 Å². The van der Waals surface area contributed by atoms with Crippen LogP contribution in [0.3, 0.4) is 0 Å².